The summed E-state index contributed by atoms with van der Waals surface area (Å²) in [6.45, 7) is 3.98. The van der Waals surface area contributed by atoms with Crippen LogP contribution in [0.25, 0.3) is 0 Å². The van der Waals surface area contributed by atoms with E-state index in [-0.39, 0.29) is 5.82 Å². The van der Waals surface area contributed by atoms with E-state index in [4.69, 9.17) is 5.73 Å². The second-order valence-electron chi connectivity index (χ2n) is 7.54. The highest BCUT2D eigenvalue weighted by atomic mass is 19.1. The van der Waals surface area contributed by atoms with Crippen LogP contribution in [0.4, 0.5) is 4.39 Å². The van der Waals surface area contributed by atoms with E-state index in [1.54, 1.807) is 6.07 Å². The Balaban J connectivity index is 1.80. The van der Waals surface area contributed by atoms with Crippen molar-refractivity contribution >= 4 is 0 Å². The van der Waals surface area contributed by atoms with E-state index in [9.17, 15) is 4.39 Å². The van der Waals surface area contributed by atoms with Crippen LogP contribution in [-0.4, -0.2) is 0 Å². The average Bonchev–Trinajstić information content (AvgIpc) is 2.97. The van der Waals surface area contributed by atoms with Crippen LogP contribution in [0.5, 0.6) is 0 Å². The summed E-state index contributed by atoms with van der Waals surface area (Å²) < 4.78 is 14.6. The van der Waals surface area contributed by atoms with Crippen molar-refractivity contribution in [2.45, 2.75) is 51.5 Å². The van der Waals surface area contributed by atoms with Crippen LogP contribution in [-0.2, 0) is 5.54 Å². The average molecular weight is 273 g/mol. The zero-order valence-electron chi connectivity index (χ0n) is 12.5. The molecule has 0 aliphatic heterocycles. The van der Waals surface area contributed by atoms with E-state index < -0.39 is 5.54 Å². The number of aryl methyl sites for hydroxylation is 2. The smallest absolute Gasteiger partial charge is 0.128 e. The van der Waals surface area contributed by atoms with Crippen molar-refractivity contribution in [3.05, 3.63) is 34.6 Å². The third kappa shape index (κ3) is 1.52. The molecule has 3 aliphatic carbocycles. The van der Waals surface area contributed by atoms with Crippen LogP contribution >= 0.6 is 0 Å². The van der Waals surface area contributed by atoms with Gasteiger partial charge in [0.25, 0.3) is 0 Å². The minimum atomic E-state index is -0.405. The lowest BCUT2D eigenvalue weighted by molar-refractivity contribution is 0.152. The number of benzene rings is 1. The molecule has 0 heterocycles. The molecule has 0 amide bonds. The molecule has 5 atom stereocenters. The van der Waals surface area contributed by atoms with Crippen molar-refractivity contribution < 1.29 is 4.39 Å². The SMILES string of the molecule is Cc1cc(C)c(C2(N)CC3CC2C2CCCC32)c(F)c1. The second-order valence-corrected chi connectivity index (χ2v) is 7.54. The van der Waals surface area contributed by atoms with E-state index in [1.807, 2.05) is 13.8 Å². The van der Waals surface area contributed by atoms with Gasteiger partial charge in [-0.15, -0.1) is 0 Å². The normalized spacial score (nSPS) is 42.2. The van der Waals surface area contributed by atoms with E-state index in [0.717, 1.165) is 40.9 Å². The number of fused-ring (bicyclic) bond motifs is 5. The Kier molecular flexibility index (Phi) is 2.61. The van der Waals surface area contributed by atoms with E-state index in [0.29, 0.717) is 5.92 Å². The molecule has 1 aromatic carbocycles. The Bertz CT molecular complexity index is 544. The Morgan fingerprint density at radius 2 is 1.95 bits per heavy atom. The molecule has 4 rings (SSSR count). The Morgan fingerprint density at radius 3 is 2.70 bits per heavy atom. The molecule has 2 bridgehead atoms. The lowest BCUT2D eigenvalue weighted by atomic mass is 9.67. The predicted octanol–water partition coefficient (Wildman–Crippen LogP) is 4.05. The van der Waals surface area contributed by atoms with Crippen LogP contribution in [0.1, 0.15) is 48.8 Å². The number of halogens is 1. The minimum absolute atomic E-state index is 0.0768. The van der Waals surface area contributed by atoms with Crippen molar-refractivity contribution in [3.63, 3.8) is 0 Å². The Hall–Kier alpha value is -0.890. The van der Waals surface area contributed by atoms with Gasteiger partial charge in [-0.2, -0.15) is 0 Å². The first kappa shape index (κ1) is 12.8. The Labute approximate surface area is 120 Å². The van der Waals surface area contributed by atoms with Gasteiger partial charge in [0.1, 0.15) is 5.82 Å². The van der Waals surface area contributed by atoms with Gasteiger partial charge in [-0.1, -0.05) is 12.5 Å². The zero-order chi connectivity index (χ0) is 14.1. The fourth-order valence-corrected chi connectivity index (χ4v) is 5.98. The predicted molar refractivity (Wildman–Crippen MR) is 78.8 cm³/mol. The molecule has 2 N–H and O–H groups in total. The standard InChI is InChI=1S/C18H24FN/c1-10-6-11(2)17(16(19)7-10)18(20)9-12-8-15(18)14-5-3-4-13(12)14/h6-7,12-15H,3-5,8-9,20H2,1-2H3. The van der Waals surface area contributed by atoms with Gasteiger partial charge in [-0.05, 0) is 80.4 Å². The van der Waals surface area contributed by atoms with Gasteiger partial charge >= 0.3 is 0 Å². The molecule has 3 saturated carbocycles. The summed E-state index contributed by atoms with van der Waals surface area (Å²) in [5, 5.41) is 0. The van der Waals surface area contributed by atoms with Crippen molar-refractivity contribution in [1.82, 2.24) is 0 Å². The van der Waals surface area contributed by atoms with E-state index in [2.05, 4.69) is 6.07 Å². The summed E-state index contributed by atoms with van der Waals surface area (Å²) in [6, 6.07) is 3.75. The molecule has 0 radical (unpaired) electrons. The van der Waals surface area contributed by atoms with Crippen LogP contribution in [0.3, 0.4) is 0 Å². The fourth-order valence-electron chi connectivity index (χ4n) is 5.98. The lowest BCUT2D eigenvalue weighted by Crippen LogP contribution is -2.47. The third-order valence-corrected chi connectivity index (χ3v) is 6.46. The number of rotatable bonds is 1. The number of hydrogen-bond acceptors (Lipinski definition) is 1. The number of hydrogen-bond donors (Lipinski definition) is 1. The fraction of sp³-hybridized carbons (Fsp3) is 0.667. The molecular formula is C18H24FN. The lowest BCUT2D eigenvalue weighted by Gasteiger charge is -2.41. The van der Waals surface area contributed by atoms with E-state index >= 15 is 0 Å². The maximum Gasteiger partial charge on any atom is 0.128 e. The van der Waals surface area contributed by atoms with Gasteiger partial charge in [-0.25, -0.2) is 4.39 Å². The highest BCUT2D eigenvalue weighted by molar-refractivity contribution is 5.40. The first-order valence-electron chi connectivity index (χ1n) is 8.07. The third-order valence-electron chi connectivity index (χ3n) is 6.46. The van der Waals surface area contributed by atoms with Crippen LogP contribution in [0.15, 0.2) is 12.1 Å². The Morgan fingerprint density at radius 1 is 1.20 bits per heavy atom. The molecule has 1 nitrogen and oxygen atoms in total. The molecule has 1 aromatic rings. The van der Waals surface area contributed by atoms with Gasteiger partial charge in [0, 0.05) is 11.1 Å². The molecule has 3 fully saturated rings. The molecule has 108 valence electrons. The summed E-state index contributed by atoms with van der Waals surface area (Å²) in [5.41, 5.74) is 9.29. The van der Waals surface area contributed by atoms with E-state index in [1.165, 1.54) is 25.7 Å². The molecule has 0 spiro atoms. The zero-order valence-corrected chi connectivity index (χ0v) is 12.5. The molecule has 3 aliphatic rings. The van der Waals surface area contributed by atoms with Crippen LogP contribution in [0, 0.1) is 43.3 Å². The molecule has 20 heavy (non-hydrogen) atoms. The highest BCUT2D eigenvalue weighted by Crippen LogP contribution is 2.64. The van der Waals surface area contributed by atoms with Gasteiger partial charge in [-0.3, -0.25) is 0 Å². The van der Waals surface area contributed by atoms with Crippen molar-refractivity contribution in [2.75, 3.05) is 0 Å². The van der Waals surface area contributed by atoms with Gasteiger partial charge in [0.05, 0.1) is 0 Å². The number of nitrogens with two attached hydrogens (primary N) is 1. The van der Waals surface area contributed by atoms with Crippen molar-refractivity contribution in [2.24, 2.45) is 29.4 Å². The van der Waals surface area contributed by atoms with Crippen LogP contribution < -0.4 is 5.73 Å². The van der Waals surface area contributed by atoms with Crippen LogP contribution in [0.2, 0.25) is 0 Å². The topological polar surface area (TPSA) is 26.0 Å². The minimum Gasteiger partial charge on any atom is -0.321 e. The first-order valence-corrected chi connectivity index (χ1v) is 8.07. The molecule has 0 saturated heterocycles. The van der Waals surface area contributed by atoms with Gasteiger partial charge in [0.15, 0.2) is 0 Å². The summed E-state index contributed by atoms with van der Waals surface area (Å²) in [4.78, 5) is 0. The highest BCUT2D eigenvalue weighted by Gasteiger charge is 2.60. The summed E-state index contributed by atoms with van der Waals surface area (Å²) in [7, 11) is 0. The first-order chi connectivity index (χ1) is 9.50. The maximum absolute atomic E-state index is 14.6. The summed E-state index contributed by atoms with van der Waals surface area (Å²) in [5.74, 6) is 2.84. The molecule has 2 heteroatoms. The molecular weight excluding hydrogens is 249 g/mol. The largest absolute Gasteiger partial charge is 0.321 e. The van der Waals surface area contributed by atoms with Crippen molar-refractivity contribution in [3.8, 4) is 0 Å². The monoisotopic (exact) mass is 273 g/mol. The van der Waals surface area contributed by atoms with Gasteiger partial charge in [0.2, 0.25) is 0 Å². The van der Waals surface area contributed by atoms with Crippen molar-refractivity contribution in [1.29, 1.82) is 0 Å². The molecule has 0 aromatic heterocycles. The summed E-state index contributed by atoms with van der Waals surface area (Å²) >= 11 is 0. The quantitative estimate of drug-likeness (QED) is 0.820. The maximum atomic E-state index is 14.6. The van der Waals surface area contributed by atoms with Gasteiger partial charge < -0.3 is 5.73 Å². The molecule has 5 unspecified atom stereocenters. The summed E-state index contributed by atoms with van der Waals surface area (Å²) in [6.07, 6.45) is 6.29. The second kappa shape index (κ2) is 4.07.